The van der Waals surface area contributed by atoms with E-state index in [0.717, 1.165) is 0 Å². The minimum atomic E-state index is -1.34. The van der Waals surface area contributed by atoms with Gasteiger partial charge in [0.25, 0.3) is 0 Å². The van der Waals surface area contributed by atoms with Crippen LogP contribution in [0.2, 0.25) is 0 Å². The number of carbonyl (C=O) groups is 2. The molecule has 0 rings (SSSR count). The van der Waals surface area contributed by atoms with Gasteiger partial charge in [0.1, 0.15) is 11.7 Å². The predicted octanol–water partition coefficient (Wildman–Crippen LogP) is 0.445. The van der Waals surface area contributed by atoms with Gasteiger partial charge in [0, 0.05) is 6.42 Å². The van der Waals surface area contributed by atoms with Crippen molar-refractivity contribution in [1.29, 1.82) is 0 Å². The van der Waals surface area contributed by atoms with E-state index < -0.39 is 36.5 Å². The van der Waals surface area contributed by atoms with E-state index in [2.05, 4.69) is 11.5 Å². The summed E-state index contributed by atoms with van der Waals surface area (Å²) < 4.78 is 0. The van der Waals surface area contributed by atoms with Gasteiger partial charge in [-0.1, -0.05) is 0 Å². The molecule has 0 spiro atoms. The maximum absolute atomic E-state index is 10.5. The standard InChI is InChI=1S/C7H10O7.C2H2O/c8-5(3-14-13)1-4(7(11)12)2-6(9)10;1-2-3/h3-4,8,13H,1-2H2,(H,9,10)(H,11,12);1H2. The smallest absolute Gasteiger partial charge is 0.307 e. The molecular weight excluding hydrogens is 236 g/mol. The average molecular weight is 248 g/mol. The van der Waals surface area contributed by atoms with E-state index in [9.17, 15) is 9.59 Å². The molecule has 0 aromatic carbocycles. The number of hydrogen-bond donors (Lipinski definition) is 4. The molecule has 0 aliphatic carbocycles. The van der Waals surface area contributed by atoms with Crippen molar-refractivity contribution in [3.05, 3.63) is 18.6 Å². The lowest BCUT2D eigenvalue weighted by Gasteiger charge is -2.07. The Hall–Kier alpha value is -2.31. The van der Waals surface area contributed by atoms with Gasteiger partial charge < -0.3 is 20.2 Å². The minimum Gasteiger partial charge on any atom is -0.509 e. The number of allylic oxidation sites excluding steroid dienone is 1. The van der Waals surface area contributed by atoms with Crippen LogP contribution in [0.1, 0.15) is 12.8 Å². The van der Waals surface area contributed by atoms with Crippen molar-refractivity contribution < 1.29 is 39.8 Å². The molecule has 0 bridgehead atoms. The summed E-state index contributed by atoms with van der Waals surface area (Å²) in [5.74, 6) is -3.17. The highest BCUT2D eigenvalue weighted by Crippen LogP contribution is 2.14. The fourth-order valence-corrected chi connectivity index (χ4v) is 0.819. The molecule has 8 nitrogen and oxygen atoms in total. The highest BCUT2D eigenvalue weighted by Gasteiger charge is 2.22. The number of carbonyl (C=O) groups excluding carboxylic acids is 1. The molecular formula is C9H12O8. The number of carboxylic acid groups (broad SMARTS) is 2. The molecule has 8 heteroatoms. The molecule has 0 aliphatic rings. The fraction of sp³-hybridized carbons (Fsp3) is 0.333. The molecule has 0 saturated carbocycles. The Balaban J connectivity index is 0. The van der Waals surface area contributed by atoms with Crippen LogP contribution in [0.3, 0.4) is 0 Å². The van der Waals surface area contributed by atoms with Gasteiger partial charge in [0.15, 0.2) is 6.26 Å². The van der Waals surface area contributed by atoms with Crippen LogP contribution in [0, 0.1) is 5.92 Å². The SMILES string of the molecule is C=C=O.O=C(O)CC(CC(O)=COO)C(=O)O. The van der Waals surface area contributed by atoms with Crippen LogP contribution in [-0.4, -0.2) is 38.5 Å². The molecule has 0 heterocycles. The van der Waals surface area contributed by atoms with Gasteiger partial charge in [0.05, 0.1) is 12.3 Å². The fourth-order valence-electron chi connectivity index (χ4n) is 0.819. The van der Waals surface area contributed by atoms with Crippen molar-refractivity contribution in [1.82, 2.24) is 0 Å². The summed E-state index contributed by atoms with van der Waals surface area (Å²) in [5, 5.41) is 33.6. The monoisotopic (exact) mass is 248 g/mol. The summed E-state index contributed by atoms with van der Waals surface area (Å²) in [6, 6.07) is 0. The third-order valence-corrected chi connectivity index (χ3v) is 1.41. The van der Waals surface area contributed by atoms with Crippen molar-refractivity contribution in [3.8, 4) is 0 Å². The Morgan fingerprint density at radius 3 is 2.06 bits per heavy atom. The zero-order chi connectivity index (χ0) is 13.8. The lowest BCUT2D eigenvalue weighted by Crippen LogP contribution is -2.18. The first-order valence-electron chi connectivity index (χ1n) is 4.16. The molecule has 96 valence electrons. The third-order valence-electron chi connectivity index (χ3n) is 1.41. The first-order chi connectivity index (χ1) is 7.88. The molecule has 17 heavy (non-hydrogen) atoms. The first kappa shape index (κ1) is 17.1. The summed E-state index contributed by atoms with van der Waals surface area (Å²) in [6.07, 6.45) is -0.501. The highest BCUT2D eigenvalue weighted by atomic mass is 17.1. The second-order valence-corrected chi connectivity index (χ2v) is 2.70. The van der Waals surface area contributed by atoms with E-state index >= 15 is 0 Å². The predicted molar refractivity (Wildman–Crippen MR) is 53.7 cm³/mol. The second kappa shape index (κ2) is 10.2. The van der Waals surface area contributed by atoms with Crippen LogP contribution >= 0.6 is 0 Å². The maximum atomic E-state index is 10.5. The molecule has 1 atom stereocenters. The van der Waals surface area contributed by atoms with Crippen LogP contribution in [-0.2, 0) is 19.3 Å². The number of aliphatic hydroxyl groups is 1. The van der Waals surface area contributed by atoms with Crippen molar-refractivity contribution in [2.24, 2.45) is 5.92 Å². The van der Waals surface area contributed by atoms with Crippen LogP contribution in [0.5, 0.6) is 0 Å². The Morgan fingerprint density at radius 1 is 1.29 bits per heavy atom. The van der Waals surface area contributed by atoms with Crippen molar-refractivity contribution in [2.45, 2.75) is 12.8 Å². The van der Waals surface area contributed by atoms with E-state index in [1.165, 1.54) is 5.94 Å². The Kier molecular flexibility index (Phi) is 10.3. The zero-order valence-electron chi connectivity index (χ0n) is 8.70. The number of aliphatic hydroxyl groups excluding tert-OH is 1. The summed E-state index contributed by atoms with van der Waals surface area (Å²) in [7, 11) is 0. The van der Waals surface area contributed by atoms with Gasteiger partial charge >= 0.3 is 11.9 Å². The van der Waals surface area contributed by atoms with Gasteiger partial charge in [-0.3, -0.25) is 9.59 Å². The van der Waals surface area contributed by atoms with E-state index in [4.69, 9.17) is 25.4 Å². The summed E-state index contributed by atoms with van der Waals surface area (Å²) in [5.41, 5.74) is 0. The summed E-state index contributed by atoms with van der Waals surface area (Å²) >= 11 is 0. The Bertz CT molecular complexity index is 313. The summed E-state index contributed by atoms with van der Waals surface area (Å²) in [4.78, 5) is 32.7. The number of aliphatic carboxylic acids is 2. The lowest BCUT2D eigenvalue weighted by molar-refractivity contribution is -0.189. The molecule has 1 unspecified atom stereocenters. The van der Waals surface area contributed by atoms with Crippen LogP contribution < -0.4 is 0 Å². The van der Waals surface area contributed by atoms with Crippen molar-refractivity contribution in [3.63, 3.8) is 0 Å². The van der Waals surface area contributed by atoms with E-state index in [1.807, 2.05) is 0 Å². The summed E-state index contributed by atoms with van der Waals surface area (Å²) in [6.45, 7) is 2.68. The topological polar surface area (TPSA) is 141 Å². The van der Waals surface area contributed by atoms with Crippen LogP contribution in [0.25, 0.3) is 0 Å². The largest absolute Gasteiger partial charge is 0.509 e. The quantitative estimate of drug-likeness (QED) is 0.229. The van der Waals surface area contributed by atoms with Gasteiger partial charge in [0.2, 0.25) is 0 Å². The van der Waals surface area contributed by atoms with Gasteiger partial charge in [-0.05, 0) is 6.58 Å². The minimum absolute atomic E-state index is 0.414. The van der Waals surface area contributed by atoms with E-state index in [0.29, 0.717) is 6.26 Å². The zero-order valence-corrected chi connectivity index (χ0v) is 8.70. The molecule has 0 aliphatic heterocycles. The number of rotatable bonds is 6. The van der Waals surface area contributed by atoms with Crippen molar-refractivity contribution >= 4 is 17.9 Å². The van der Waals surface area contributed by atoms with Gasteiger partial charge in [-0.2, -0.15) is 0 Å². The van der Waals surface area contributed by atoms with Crippen molar-refractivity contribution in [2.75, 3.05) is 0 Å². The second-order valence-electron chi connectivity index (χ2n) is 2.70. The maximum Gasteiger partial charge on any atom is 0.307 e. The molecule has 4 N–H and O–H groups in total. The molecule has 0 saturated heterocycles. The third kappa shape index (κ3) is 11.6. The van der Waals surface area contributed by atoms with Crippen LogP contribution in [0.4, 0.5) is 0 Å². The van der Waals surface area contributed by atoms with Crippen LogP contribution in [0.15, 0.2) is 18.6 Å². The molecule has 0 aromatic heterocycles. The first-order valence-corrected chi connectivity index (χ1v) is 4.16. The van der Waals surface area contributed by atoms with Gasteiger partial charge in [-0.25, -0.2) is 10.1 Å². The molecule has 0 aromatic rings. The van der Waals surface area contributed by atoms with Gasteiger partial charge in [-0.15, -0.1) is 0 Å². The lowest BCUT2D eigenvalue weighted by atomic mass is 10.0. The Labute approximate surface area is 96.0 Å². The average Bonchev–Trinajstić information content (AvgIpc) is 2.17. The number of hydrogen-bond acceptors (Lipinski definition) is 6. The molecule has 0 amide bonds. The van der Waals surface area contributed by atoms with E-state index in [1.54, 1.807) is 0 Å². The molecule has 0 radical (unpaired) electrons. The molecule has 0 fully saturated rings. The normalized spacial score (nSPS) is 11.5. The van der Waals surface area contributed by atoms with E-state index in [-0.39, 0.29) is 0 Å². The number of carboxylic acids is 2. The highest BCUT2D eigenvalue weighted by molar-refractivity contribution is 5.77. The Morgan fingerprint density at radius 2 is 1.76 bits per heavy atom.